The standard InChI is InChI=1S/C20H17NO2S/c1-14(18-8-5-13-24-18)21-20(23)17-11-9-16(10-12-17)19(22)15-6-3-2-4-7-15/h2-14H,1H3,(H,21,23)/t14-/m0/s1. The summed E-state index contributed by atoms with van der Waals surface area (Å²) in [4.78, 5) is 25.8. The second-order valence-electron chi connectivity index (χ2n) is 5.48. The highest BCUT2D eigenvalue weighted by molar-refractivity contribution is 7.10. The predicted octanol–water partition coefficient (Wildman–Crippen LogP) is 4.47. The third-order valence-corrected chi connectivity index (χ3v) is 4.82. The summed E-state index contributed by atoms with van der Waals surface area (Å²) < 4.78 is 0. The summed E-state index contributed by atoms with van der Waals surface area (Å²) in [5, 5.41) is 4.95. The summed E-state index contributed by atoms with van der Waals surface area (Å²) >= 11 is 1.61. The lowest BCUT2D eigenvalue weighted by Gasteiger charge is -2.12. The minimum absolute atomic E-state index is 0.0388. The first kappa shape index (κ1) is 16.1. The van der Waals surface area contributed by atoms with Gasteiger partial charge in [-0.2, -0.15) is 0 Å². The van der Waals surface area contributed by atoms with Crippen molar-refractivity contribution in [2.75, 3.05) is 0 Å². The maximum atomic E-state index is 12.4. The molecule has 0 fully saturated rings. The fraction of sp³-hybridized carbons (Fsp3) is 0.100. The lowest BCUT2D eigenvalue weighted by molar-refractivity contribution is 0.0939. The number of rotatable bonds is 5. The molecule has 1 atom stereocenters. The molecule has 4 heteroatoms. The van der Waals surface area contributed by atoms with E-state index in [-0.39, 0.29) is 17.7 Å². The van der Waals surface area contributed by atoms with Crippen molar-refractivity contribution in [1.82, 2.24) is 5.32 Å². The van der Waals surface area contributed by atoms with Gasteiger partial charge < -0.3 is 5.32 Å². The van der Waals surface area contributed by atoms with Crippen molar-refractivity contribution < 1.29 is 9.59 Å². The first-order valence-corrected chi connectivity index (χ1v) is 8.57. The van der Waals surface area contributed by atoms with Crippen LogP contribution in [0.5, 0.6) is 0 Å². The van der Waals surface area contributed by atoms with Crippen LogP contribution in [0.25, 0.3) is 0 Å². The number of amides is 1. The van der Waals surface area contributed by atoms with Gasteiger partial charge in [0.25, 0.3) is 5.91 Å². The van der Waals surface area contributed by atoms with Gasteiger partial charge in [0.05, 0.1) is 6.04 Å². The second kappa shape index (κ2) is 7.23. The van der Waals surface area contributed by atoms with Gasteiger partial charge in [0, 0.05) is 21.6 Å². The first-order chi connectivity index (χ1) is 11.6. The molecule has 1 amide bonds. The zero-order valence-electron chi connectivity index (χ0n) is 13.2. The normalized spacial score (nSPS) is 11.7. The molecule has 1 aromatic heterocycles. The Morgan fingerprint density at radius 1 is 0.833 bits per heavy atom. The van der Waals surface area contributed by atoms with E-state index in [0.717, 1.165) is 4.88 Å². The van der Waals surface area contributed by atoms with Crippen molar-refractivity contribution in [2.24, 2.45) is 0 Å². The fourth-order valence-corrected chi connectivity index (χ4v) is 3.15. The molecule has 0 saturated heterocycles. The average Bonchev–Trinajstić information content (AvgIpc) is 3.17. The molecule has 1 heterocycles. The van der Waals surface area contributed by atoms with Crippen LogP contribution in [-0.4, -0.2) is 11.7 Å². The van der Waals surface area contributed by atoms with Gasteiger partial charge >= 0.3 is 0 Å². The lowest BCUT2D eigenvalue weighted by atomic mass is 10.0. The molecule has 120 valence electrons. The zero-order chi connectivity index (χ0) is 16.9. The lowest BCUT2D eigenvalue weighted by Crippen LogP contribution is -2.26. The quantitative estimate of drug-likeness (QED) is 0.699. The molecule has 0 spiro atoms. The molecular weight excluding hydrogens is 318 g/mol. The highest BCUT2D eigenvalue weighted by Gasteiger charge is 2.13. The molecule has 3 aromatic rings. The Hall–Kier alpha value is -2.72. The molecule has 0 unspecified atom stereocenters. The number of nitrogens with one attached hydrogen (secondary N) is 1. The van der Waals surface area contributed by atoms with Gasteiger partial charge in [0.2, 0.25) is 0 Å². The summed E-state index contributed by atoms with van der Waals surface area (Å²) in [6.45, 7) is 1.96. The van der Waals surface area contributed by atoms with E-state index in [1.54, 1.807) is 47.7 Å². The van der Waals surface area contributed by atoms with Crippen LogP contribution >= 0.6 is 11.3 Å². The Morgan fingerprint density at radius 2 is 1.46 bits per heavy atom. The van der Waals surface area contributed by atoms with Crippen LogP contribution in [0.1, 0.15) is 44.1 Å². The summed E-state index contributed by atoms with van der Waals surface area (Å²) in [6.07, 6.45) is 0. The van der Waals surface area contributed by atoms with E-state index in [4.69, 9.17) is 0 Å². The summed E-state index contributed by atoms with van der Waals surface area (Å²) in [5.41, 5.74) is 1.76. The molecule has 2 aromatic carbocycles. The number of hydrogen-bond acceptors (Lipinski definition) is 3. The molecule has 3 rings (SSSR count). The Bertz CT molecular complexity index is 824. The van der Waals surface area contributed by atoms with E-state index >= 15 is 0 Å². The summed E-state index contributed by atoms with van der Waals surface area (Å²) in [7, 11) is 0. The monoisotopic (exact) mass is 335 g/mol. The Balaban J connectivity index is 1.70. The number of ketones is 1. The van der Waals surface area contributed by atoms with E-state index in [9.17, 15) is 9.59 Å². The van der Waals surface area contributed by atoms with E-state index in [1.165, 1.54) is 0 Å². The molecule has 24 heavy (non-hydrogen) atoms. The second-order valence-corrected chi connectivity index (χ2v) is 6.46. The van der Waals surface area contributed by atoms with Gasteiger partial charge in [-0.15, -0.1) is 11.3 Å². The smallest absolute Gasteiger partial charge is 0.251 e. The summed E-state index contributed by atoms with van der Waals surface area (Å²) in [5.74, 6) is -0.191. The van der Waals surface area contributed by atoms with Crippen LogP contribution < -0.4 is 5.32 Å². The third-order valence-electron chi connectivity index (χ3n) is 3.76. The van der Waals surface area contributed by atoms with Gasteiger partial charge in [-0.3, -0.25) is 9.59 Å². The Kier molecular flexibility index (Phi) is 4.87. The number of carbonyl (C=O) groups is 2. The molecule has 3 nitrogen and oxygen atoms in total. The topological polar surface area (TPSA) is 46.2 Å². The van der Waals surface area contributed by atoms with Crippen molar-refractivity contribution in [3.05, 3.63) is 93.7 Å². The van der Waals surface area contributed by atoms with E-state index in [1.807, 2.05) is 42.6 Å². The number of hydrogen-bond donors (Lipinski definition) is 1. The Morgan fingerprint density at radius 3 is 2.08 bits per heavy atom. The van der Waals surface area contributed by atoms with Crippen molar-refractivity contribution in [3.8, 4) is 0 Å². The molecule has 0 bridgehead atoms. The molecule has 0 aliphatic heterocycles. The molecule has 0 aliphatic carbocycles. The molecule has 1 N–H and O–H groups in total. The van der Waals surface area contributed by atoms with Crippen LogP contribution in [0, 0.1) is 0 Å². The predicted molar refractivity (Wildman–Crippen MR) is 96.5 cm³/mol. The van der Waals surface area contributed by atoms with Crippen LogP contribution in [-0.2, 0) is 0 Å². The van der Waals surface area contributed by atoms with Gasteiger partial charge in [-0.25, -0.2) is 0 Å². The average molecular weight is 335 g/mol. The number of carbonyl (C=O) groups excluding carboxylic acids is 2. The highest BCUT2D eigenvalue weighted by Crippen LogP contribution is 2.19. The van der Waals surface area contributed by atoms with Crippen LogP contribution in [0.15, 0.2) is 72.1 Å². The highest BCUT2D eigenvalue weighted by atomic mass is 32.1. The molecule has 0 aliphatic rings. The van der Waals surface area contributed by atoms with Gasteiger partial charge in [0.1, 0.15) is 0 Å². The number of thiophene rings is 1. The van der Waals surface area contributed by atoms with Crippen molar-refractivity contribution in [1.29, 1.82) is 0 Å². The molecule has 0 radical (unpaired) electrons. The van der Waals surface area contributed by atoms with E-state index in [2.05, 4.69) is 5.32 Å². The van der Waals surface area contributed by atoms with Gasteiger partial charge in [-0.1, -0.05) is 48.5 Å². The first-order valence-electron chi connectivity index (χ1n) is 7.69. The van der Waals surface area contributed by atoms with Crippen LogP contribution in [0.3, 0.4) is 0 Å². The van der Waals surface area contributed by atoms with Crippen molar-refractivity contribution in [3.63, 3.8) is 0 Å². The SMILES string of the molecule is C[C@H](NC(=O)c1ccc(C(=O)c2ccccc2)cc1)c1cccs1. The molecular formula is C20H17NO2S. The maximum Gasteiger partial charge on any atom is 0.251 e. The van der Waals surface area contributed by atoms with Crippen molar-refractivity contribution >= 4 is 23.0 Å². The number of benzene rings is 2. The van der Waals surface area contributed by atoms with E-state index < -0.39 is 0 Å². The van der Waals surface area contributed by atoms with E-state index in [0.29, 0.717) is 16.7 Å². The Labute approximate surface area is 145 Å². The zero-order valence-corrected chi connectivity index (χ0v) is 14.0. The summed E-state index contributed by atoms with van der Waals surface area (Å²) in [6, 6.07) is 19.8. The fourth-order valence-electron chi connectivity index (χ4n) is 2.42. The van der Waals surface area contributed by atoms with Gasteiger partial charge in [0.15, 0.2) is 5.78 Å². The van der Waals surface area contributed by atoms with Gasteiger partial charge in [-0.05, 0) is 30.5 Å². The third kappa shape index (κ3) is 3.60. The van der Waals surface area contributed by atoms with Crippen molar-refractivity contribution in [2.45, 2.75) is 13.0 Å². The minimum atomic E-state index is -0.144. The maximum absolute atomic E-state index is 12.4. The van der Waals surface area contributed by atoms with Crippen LogP contribution in [0.2, 0.25) is 0 Å². The largest absolute Gasteiger partial charge is 0.345 e. The minimum Gasteiger partial charge on any atom is -0.345 e. The molecule has 0 saturated carbocycles. The van der Waals surface area contributed by atoms with Crippen LogP contribution in [0.4, 0.5) is 0 Å².